The second-order valence-electron chi connectivity index (χ2n) is 26.2. The number of hydrogen-bond acceptors (Lipinski definition) is 27. The zero-order chi connectivity index (χ0) is 87.5. The average molecular weight is 1650 g/mol. The first-order valence-electron chi connectivity index (χ1n) is 36.8. The lowest BCUT2D eigenvalue weighted by atomic mass is 9.97. The smallest absolute Gasteiger partial charge is 0.380 e. The Morgan fingerprint density at radius 3 is 0.856 bits per heavy atom. The molecule has 612 valence electrons. The Balaban J connectivity index is 0.000000242. The number of rotatable bonds is 33. The van der Waals surface area contributed by atoms with Crippen molar-refractivity contribution in [2.45, 2.75) is 153 Å². The molecule has 3 aliphatic rings. The van der Waals surface area contributed by atoms with Crippen LogP contribution in [0.1, 0.15) is 89.2 Å². The molecular weight excluding hydrogens is 1550 g/mol. The van der Waals surface area contributed by atoms with Crippen molar-refractivity contribution < 1.29 is 134 Å². The minimum absolute atomic E-state index is 0.0183. The summed E-state index contributed by atoms with van der Waals surface area (Å²) in [5.74, 6) is -5.74. The van der Waals surface area contributed by atoms with Crippen LogP contribution in [-0.2, 0) is 70.1 Å². The molecule has 3 aromatic heterocycles. The first-order valence-corrected chi connectivity index (χ1v) is 39.0. The van der Waals surface area contributed by atoms with Crippen LogP contribution in [0.15, 0.2) is 157 Å². The van der Waals surface area contributed by atoms with Crippen LogP contribution in [0.2, 0.25) is 0 Å². The van der Waals surface area contributed by atoms with Crippen molar-refractivity contribution in [3.63, 3.8) is 0 Å². The number of hydrogen-bond donors (Lipinski definition) is 6. The van der Waals surface area contributed by atoms with Gasteiger partial charge in [-0.3, -0.25) is 71.0 Å². The van der Waals surface area contributed by atoms with Gasteiger partial charge in [0.05, 0.1) is 82.5 Å². The second kappa shape index (κ2) is 38.8. The number of nitrogens with one attached hydrogen (secondary N) is 3. The summed E-state index contributed by atoms with van der Waals surface area (Å²) in [6, 6.07) is 24.8. The molecule has 111 heavy (non-hydrogen) atoms. The van der Waals surface area contributed by atoms with Gasteiger partial charge >= 0.3 is 57.8 Å². The molecule has 0 bridgehead atoms. The van der Waals surface area contributed by atoms with E-state index in [1.54, 1.807) is 59.7 Å². The third-order valence-corrected chi connectivity index (χ3v) is 21.6. The number of alkyl halides is 6. The largest absolute Gasteiger partial charge is 0.463 e. The van der Waals surface area contributed by atoms with E-state index in [2.05, 4.69) is 0 Å². The van der Waals surface area contributed by atoms with Crippen LogP contribution in [-0.4, -0.2) is 192 Å². The van der Waals surface area contributed by atoms with Gasteiger partial charge in [-0.2, -0.15) is 0 Å². The van der Waals surface area contributed by atoms with Crippen molar-refractivity contribution in [1.82, 2.24) is 28.7 Å². The molecule has 3 aliphatic heterocycles. The van der Waals surface area contributed by atoms with E-state index in [1.165, 1.54) is 93.6 Å². The molecule has 3 saturated heterocycles. The number of halogens is 6. The lowest BCUT2D eigenvalue weighted by Gasteiger charge is -2.26. The molecule has 3 aromatic carbocycles. The lowest BCUT2D eigenvalue weighted by molar-refractivity contribution is -0.152. The molecule has 0 radical (unpaired) electrons. The standard InChI is InChI=1S/3C23H29F2N2O9P/c3*1-14(2)34-20(30)15(3)12-37(32,36-16-7-5-4-6-8-16)33-11-17-19(29)23(25,13-24)21(35-17)27-10-9-18(28)26-22(27)31/h3*4-10,14-15,17,19,21,29H,11-13H2,1-3H3,(H,26,28,31)/t15-,17-,19+,21-,23?,37?;15-,17-,19+,21-,23?,37+;15-,17-,19+,21-,23?,37-/m111/s1/i3*11D2. The number of aliphatic hydroxyl groups excluding tert-OH is 3. The number of H-pyrrole nitrogens is 3. The molecule has 33 nitrogen and oxygen atoms in total. The quantitative estimate of drug-likeness (QED) is 0.0104. The van der Waals surface area contributed by atoms with Crippen LogP contribution in [0.5, 0.6) is 17.2 Å². The number of aliphatic hydroxyl groups is 3. The topological polar surface area (TPSA) is 438 Å². The molecule has 0 spiro atoms. The van der Waals surface area contributed by atoms with Gasteiger partial charge in [0.2, 0.25) is 17.0 Å². The molecule has 18 atom stereocenters. The van der Waals surface area contributed by atoms with Crippen LogP contribution in [0.25, 0.3) is 0 Å². The zero-order valence-electron chi connectivity index (χ0n) is 66.6. The highest BCUT2D eigenvalue weighted by atomic mass is 31.2. The number of benzene rings is 3. The van der Waals surface area contributed by atoms with Gasteiger partial charge < -0.3 is 57.3 Å². The number of esters is 3. The van der Waals surface area contributed by atoms with Crippen LogP contribution >= 0.6 is 22.8 Å². The van der Waals surface area contributed by atoms with E-state index in [1.807, 2.05) is 15.0 Å². The van der Waals surface area contributed by atoms with Crippen LogP contribution in [0.3, 0.4) is 0 Å². The van der Waals surface area contributed by atoms with Gasteiger partial charge in [-0.15, -0.1) is 0 Å². The van der Waals surface area contributed by atoms with Gasteiger partial charge in [-0.05, 0) is 77.9 Å². The summed E-state index contributed by atoms with van der Waals surface area (Å²) in [5.41, 5.74) is -16.3. The highest BCUT2D eigenvalue weighted by molar-refractivity contribution is 7.55. The maximum atomic E-state index is 15.7. The molecule has 4 unspecified atom stereocenters. The van der Waals surface area contributed by atoms with Gasteiger partial charge in [0.25, 0.3) is 16.7 Å². The maximum Gasteiger partial charge on any atom is 0.380 e. The van der Waals surface area contributed by atoms with Crippen molar-refractivity contribution in [2.75, 3.05) is 58.2 Å². The van der Waals surface area contributed by atoms with E-state index in [0.717, 1.165) is 36.8 Å². The van der Waals surface area contributed by atoms with Crippen LogP contribution in [0.4, 0.5) is 26.3 Å². The third-order valence-electron chi connectivity index (χ3n) is 16.0. The van der Waals surface area contributed by atoms with E-state index in [-0.39, 0.29) is 17.2 Å². The highest BCUT2D eigenvalue weighted by Gasteiger charge is 2.62. The summed E-state index contributed by atoms with van der Waals surface area (Å²) in [5, 5.41) is 31.9. The lowest BCUT2D eigenvalue weighted by Crippen LogP contribution is -2.47. The Bertz CT molecular complexity index is 4460. The zero-order valence-corrected chi connectivity index (χ0v) is 63.3. The number of ether oxygens (including phenoxy) is 6. The van der Waals surface area contributed by atoms with Crippen molar-refractivity contribution in [3.8, 4) is 17.2 Å². The molecular formula is C69H87F6N6O27P3. The highest BCUT2D eigenvalue weighted by Crippen LogP contribution is 2.55. The molecule has 3 fully saturated rings. The van der Waals surface area contributed by atoms with E-state index >= 15 is 13.2 Å². The first kappa shape index (κ1) is 80.5. The summed E-state index contributed by atoms with van der Waals surface area (Å²) in [6.07, 6.45) is -22.7. The Morgan fingerprint density at radius 1 is 0.432 bits per heavy atom. The monoisotopic (exact) mass is 1640 g/mol. The second-order valence-corrected chi connectivity index (χ2v) is 32.0. The van der Waals surface area contributed by atoms with E-state index < -0.39 is 241 Å². The number of nitrogens with zero attached hydrogens (tertiary/aromatic N) is 3. The molecule has 9 rings (SSSR count). The molecule has 0 aliphatic carbocycles. The fourth-order valence-corrected chi connectivity index (χ4v) is 15.6. The summed E-state index contributed by atoms with van der Waals surface area (Å²) < 4.78 is 245. The number of para-hydroxylation sites is 3. The molecule has 6 aromatic rings. The van der Waals surface area contributed by atoms with Gasteiger partial charge in [0.15, 0.2) is 18.7 Å². The van der Waals surface area contributed by atoms with Gasteiger partial charge in [0, 0.05) is 36.8 Å². The van der Waals surface area contributed by atoms with Crippen molar-refractivity contribution in [2.24, 2.45) is 17.8 Å². The Kier molecular flexibility index (Phi) is 28.1. The summed E-state index contributed by atoms with van der Waals surface area (Å²) in [4.78, 5) is 113. The van der Waals surface area contributed by atoms with E-state index in [4.69, 9.17) is 63.8 Å². The first-order chi connectivity index (χ1) is 54.3. The van der Waals surface area contributed by atoms with E-state index in [9.17, 15) is 85.3 Å². The minimum Gasteiger partial charge on any atom is -0.463 e. The molecule has 6 heterocycles. The fraction of sp³-hybridized carbons (Fsp3) is 0.522. The Labute approximate surface area is 637 Å². The maximum absolute atomic E-state index is 15.7. The predicted octanol–water partition coefficient (Wildman–Crippen LogP) is 7.05. The molecule has 0 amide bonds. The SMILES string of the molecule is [2H]C([2H])(OP(=O)(C[C@@H](C)C(=O)OC(C)C)Oc1ccccc1)[C@H]1O[C@@H](n2ccc(=O)[nH]c2=O)C(F)(CF)[C@H]1O.[2H]C([2H])(O[P@@](=O)(C[C@@H](C)C(=O)OC(C)C)Oc1ccccc1)[C@H]1O[C@@H](n2ccc(=O)[nH]c2=O)C(F)(CF)[C@H]1O.[2H]C([2H])(O[P@](=O)(C[C@@H](C)C(=O)OC(C)C)Oc1ccccc1)[C@H]1O[C@@H](n2ccc(=O)[nH]c2=O)C(F)(CF)[C@H]1O. The van der Waals surface area contributed by atoms with Gasteiger partial charge in [0.1, 0.15) is 73.9 Å². The van der Waals surface area contributed by atoms with Crippen molar-refractivity contribution in [3.05, 3.63) is 190 Å². The summed E-state index contributed by atoms with van der Waals surface area (Å²) in [7, 11) is -14.0. The summed E-state index contributed by atoms with van der Waals surface area (Å²) >= 11 is 0. The number of carbonyl (C=O) groups is 3. The summed E-state index contributed by atoms with van der Waals surface area (Å²) in [6.45, 7) is -2.13. The molecule has 6 N–H and O–H groups in total. The van der Waals surface area contributed by atoms with Gasteiger partial charge in [-0.1, -0.05) is 75.4 Å². The van der Waals surface area contributed by atoms with E-state index in [0.29, 0.717) is 13.7 Å². The third kappa shape index (κ3) is 23.3. The van der Waals surface area contributed by atoms with Crippen LogP contribution < -0.4 is 47.3 Å². The average Bonchev–Trinajstić information content (AvgIpc) is 1.60. The predicted molar refractivity (Wildman–Crippen MR) is 381 cm³/mol. The van der Waals surface area contributed by atoms with Crippen LogP contribution in [0, 0.1) is 17.8 Å². The number of aromatic nitrogens is 6. The fourth-order valence-electron chi connectivity index (χ4n) is 10.5. The van der Waals surface area contributed by atoms with Crippen molar-refractivity contribution >= 4 is 40.7 Å². The molecule has 42 heteroatoms. The molecule has 0 saturated carbocycles. The van der Waals surface area contributed by atoms with Crippen molar-refractivity contribution in [1.29, 1.82) is 0 Å². The Morgan fingerprint density at radius 2 is 0.658 bits per heavy atom. The number of aromatic amines is 3. The number of carbonyl (C=O) groups excluding carboxylic acids is 3. The normalized spacial score (nSPS) is 27.2. The minimum atomic E-state index is -4.65. The van der Waals surface area contributed by atoms with Gasteiger partial charge in [-0.25, -0.2) is 54.4 Å². The Hall–Kier alpha value is -8.58.